The Balaban J connectivity index is 2.04. The average Bonchev–Trinajstić information content (AvgIpc) is 2.81. The summed E-state index contributed by atoms with van der Waals surface area (Å²) in [7, 11) is 1.66. The van der Waals surface area contributed by atoms with Crippen molar-refractivity contribution < 1.29 is 9.59 Å². The van der Waals surface area contributed by atoms with E-state index in [1.165, 1.54) is 0 Å². The molecule has 0 saturated carbocycles. The van der Waals surface area contributed by atoms with Gasteiger partial charge in [0.1, 0.15) is 0 Å². The largest absolute Gasteiger partial charge is 0.359 e. The highest BCUT2D eigenvalue weighted by Crippen LogP contribution is 2.35. The highest BCUT2D eigenvalue weighted by atomic mass is 16.2. The van der Waals surface area contributed by atoms with Crippen LogP contribution in [0.5, 0.6) is 0 Å². The highest BCUT2D eigenvalue weighted by Gasteiger charge is 2.46. The lowest BCUT2D eigenvalue weighted by molar-refractivity contribution is -0.142. The Hall–Kier alpha value is -1.10. The van der Waals surface area contributed by atoms with E-state index in [-0.39, 0.29) is 17.2 Å². The summed E-state index contributed by atoms with van der Waals surface area (Å²) in [5, 5.41) is 6.01. The lowest BCUT2D eigenvalue weighted by atomic mass is 9.81. The van der Waals surface area contributed by atoms with Gasteiger partial charge in [0, 0.05) is 26.7 Å². The lowest BCUT2D eigenvalue weighted by Gasteiger charge is -2.36. The van der Waals surface area contributed by atoms with Gasteiger partial charge >= 0.3 is 0 Å². The van der Waals surface area contributed by atoms with E-state index in [4.69, 9.17) is 0 Å². The van der Waals surface area contributed by atoms with Gasteiger partial charge in [0.15, 0.2) is 0 Å². The third-order valence-corrected chi connectivity index (χ3v) is 4.65. The molecule has 5 heteroatoms. The van der Waals surface area contributed by atoms with Crippen molar-refractivity contribution in [2.75, 3.05) is 33.2 Å². The van der Waals surface area contributed by atoms with Crippen molar-refractivity contribution >= 4 is 11.8 Å². The smallest absolute Gasteiger partial charge is 0.229 e. The first-order valence-corrected chi connectivity index (χ1v) is 7.14. The third kappa shape index (κ3) is 2.61. The molecule has 2 heterocycles. The highest BCUT2D eigenvalue weighted by molar-refractivity contribution is 5.87. The number of amides is 2. The van der Waals surface area contributed by atoms with E-state index in [2.05, 4.69) is 10.6 Å². The summed E-state index contributed by atoms with van der Waals surface area (Å²) in [4.78, 5) is 26.5. The maximum atomic E-state index is 12.7. The number of hydrogen-bond donors (Lipinski definition) is 2. The van der Waals surface area contributed by atoms with Gasteiger partial charge in [-0.1, -0.05) is 0 Å². The van der Waals surface area contributed by atoms with Crippen molar-refractivity contribution in [3.05, 3.63) is 0 Å². The van der Waals surface area contributed by atoms with Crippen molar-refractivity contribution in [1.29, 1.82) is 0 Å². The first-order chi connectivity index (χ1) is 8.91. The Morgan fingerprint density at radius 1 is 1.21 bits per heavy atom. The molecular weight excluding hydrogens is 242 g/mol. The predicted molar refractivity (Wildman–Crippen MR) is 73.6 cm³/mol. The van der Waals surface area contributed by atoms with Crippen LogP contribution in [-0.4, -0.2) is 49.9 Å². The summed E-state index contributed by atoms with van der Waals surface area (Å²) >= 11 is 0. The van der Waals surface area contributed by atoms with Crippen molar-refractivity contribution in [1.82, 2.24) is 15.5 Å². The molecule has 19 heavy (non-hydrogen) atoms. The van der Waals surface area contributed by atoms with Crippen molar-refractivity contribution in [2.45, 2.75) is 33.1 Å². The summed E-state index contributed by atoms with van der Waals surface area (Å²) in [5.41, 5.74) is -0.727. The molecule has 5 nitrogen and oxygen atoms in total. The molecule has 2 N–H and O–H groups in total. The number of carbonyl (C=O) groups excluding carboxylic acids is 2. The molecule has 2 aliphatic rings. The monoisotopic (exact) mass is 267 g/mol. The first-order valence-electron chi connectivity index (χ1n) is 7.14. The fourth-order valence-electron chi connectivity index (χ4n) is 3.24. The van der Waals surface area contributed by atoms with Gasteiger partial charge in [0.2, 0.25) is 11.8 Å². The zero-order chi connectivity index (χ0) is 14.1. The van der Waals surface area contributed by atoms with Gasteiger partial charge in [0.25, 0.3) is 0 Å². The van der Waals surface area contributed by atoms with Gasteiger partial charge in [-0.3, -0.25) is 9.59 Å². The molecule has 2 aliphatic heterocycles. The molecule has 2 atom stereocenters. The van der Waals surface area contributed by atoms with E-state index < -0.39 is 5.41 Å². The number of rotatable bonds is 2. The number of piperidine rings is 1. The summed E-state index contributed by atoms with van der Waals surface area (Å²) in [6, 6.07) is 0. The summed E-state index contributed by atoms with van der Waals surface area (Å²) in [6.07, 6.45) is 2.73. The number of nitrogens with zero attached hydrogens (tertiary/aromatic N) is 1. The molecule has 0 aliphatic carbocycles. The van der Waals surface area contributed by atoms with Gasteiger partial charge in [-0.25, -0.2) is 0 Å². The number of hydrogen-bond acceptors (Lipinski definition) is 3. The number of carbonyl (C=O) groups is 2. The second-order valence-corrected chi connectivity index (χ2v) is 6.46. The van der Waals surface area contributed by atoms with Crippen LogP contribution in [0.15, 0.2) is 0 Å². The molecule has 108 valence electrons. The standard InChI is InChI=1S/C14H25N3O2/c1-13(5-4-7-16-9-13)12(19)17-8-6-14(2,10-17)11(18)15-3/h16H,4-10H2,1-3H3,(H,15,18). The normalized spacial score (nSPS) is 35.2. The van der Waals surface area contributed by atoms with Crippen LogP contribution in [0, 0.1) is 10.8 Å². The van der Waals surface area contributed by atoms with Crippen LogP contribution in [0.4, 0.5) is 0 Å². The molecule has 2 saturated heterocycles. The Kier molecular flexibility index (Phi) is 3.85. The second kappa shape index (κ2) is 5.12. The van der Waals surface area contributed by atoms with E-state index in [9.17, 15) is 9.59 Å². The van der Waals surface area contributed by atoms with Gasteiger partial charge in [-0.2, -0.15) is 0 Å². The van der Waals surface area contributed by atoms with E-state index in [0.717, 1.165) is 32.4 Å². The van der Waals surface area contributed by atoms with Crippen LogP contribution >= 0.6 is 0 Å². The minimum atomic E-state index is -0.428. The van der Waals surface area contributed by atoms with Crippen LogP contribution in [-0.2, 0) is 9.59 Å². The molecule has 2 amide bonds. The zero-order valence-electron chi connectivity index (χ0n) is 12.2. The van der Waals surface area contributed by atoms with Crippen LogP contribution in [0.25, 0.3) is 0 Å². The molecule has 2 rings (SSSR count). The fraction of sp³-hybridized carbons (Fsp3) is 0.857. The molecular formula is C14H25N3O2. The van der Waals surface area contributed by atoms with Crippen LogP contribution in [0.3, 0.4) is 0 Å². The van der Waals surface area contributed by atoms with E-state index in [1.807, 2.05) is 18.7 Å². The Bertz CT molecular complexity index is 377. The van der Waals surface area contributed by atoms with Crippen LogP contribution in [0.2, 0.25) is 0 Å². The molecule has 0 aromatic carbocycles. The molecule has 0 aromatic rings. The van der Waals surface area contributed by atoms with Crippen molar-refractivity contribution in [3.63, 3.8) is 0 Å². The molecule has 0 spiro atoms. The maximum absolute atomic E-state index is 12.7. The Labute approximate surface area is 115 Å². The fourth-order valence-corrected chi connectivity index (χ4v) is 3.24. The quantitative estimate of drug-likeness (QED) is 0.759. The topological polar surface area (TPSA) is 61.4 Å². The SMILES string of the molecule is CNC(=O)C1(C)CCN(C(=O)C2(C)CCCNC2)C1. The number of nitrogens with one attached hydrogen (secondary N) is 2. The van der Waals surface area contributed by atoms with Crippen molar-refractivity contribution in [3.8, 4) is 0 Å². The molecule has 2 fully saturated rings. The summed E-state index contributed by atoms with van der Waals surface area (Å²) < 4.78 is 0. The minimum Gasteiger partial charge on any atom is -0.359 e. The summed E-state index contributed by atoms with van der Waals surface area (Å²) in [6.45, 7) is 6.97. The third-order valence-electron chi connectivity index (χ3n) is 4.65. The molecule has 0 aromatic heterocycles. The summed E-state index contributed by atoms with van der Waals surface area (Å²) in [5.74, 6) is 0.238. The van der Waals surface area contributed by atoms with Crippen molar-refractivity contribution in [2.24, 2.45) is 10.8 Å². The van der Waals surface area contributed by atoms with Crippen LogP contribution < -0.4 is 10.6 Å². The van der Waals surface area contributed by atoms with Crippen LogP contribution in [0.1, 0.15) is 33.1 Å². The van der Waals surface area contributed by atoms with E-state index in [1.54, 1.807) is 7.05 Å². The van der Waals surface area contributed by atoms with Gasteiger partial charge in [-0.15, -0.1) is 0 Å². The molecule has 0 bridgehead atoms. The van der Waals surface area contributed by atoms with Gasteiger partial charge < -0.3 is 15.5 Å². The average molecular weight is 267 g/mol. The Morgan fingerprint density at radius 3 is 2.53 bits per heavy atom. The molecule has 0 radical (unpaired) electrons. The maximum Gasteiger partial charge on any atom is 0.229 e. The van der Waals surface area contributed by atoms with E-state index >= 15 is 0 Å². The second-order valence-electron chi connectivity index (χ2n) is 6.46. The number of likely N-dealkylation sites (tertiary alicyclic amines) is 1. The van der Waals surface area contributed by atoms with Gasteiger partial charge in [-0.05, 0) is 39.7 Å². The first kappa shape index (κ1) is 14.3. The van der Waals surface area contributed by atoms with Gasteiger partial charge in [0.05, 0.1) is 10.8 Å². The zero-order valence-corrected chi connectivity index (χ0v) is 12.2. The van der Waals surface area contributed by atoms with E-state index in [0.29, 0.717) is 13.1 Å². The minimum absolute atomic E-state index is 0.0368. The predicted octanol–water partition coefficient (Wildman–Crippen LogP) is 0.361. The lowest BCUT2D eigenvalue weighted by Crippen LogP contribution is -2.50. The molecule has 2 unspecified atom stereocenters. The Morgan fingerprint density at radius 2 is 1.95 bits per heavy atom.